The van der Waals surface area contributed by atoms with Crippen LogP contribution in [0.2, 0.25) is 0 Å². The van der Waals surface area contributed by atoms with E-state index >= 15 is 0 Å². The van der Waals surface area contributed by atoms with Gasteiger partial charge in [0.1, 0.15) is 5.54 Å². The molecule has 1 aliphatic rings. The number of carbonyl (C=O) groups is 3. The second-order valence-electron chi connectivity index (χ2n) is 6.47. The number of para-hydroxylation sites is 1. The molecule has 8 heteroatoms. The van der Waals surface area contributed by atoms with Gasteiger partial charge in [-0.2, -0.15) is 5.26 Å². The molecule has 0 fully saturated rings. The SMILES string of the molecule is CC(C)C(C)(C#N)NC(=O)COC(=O)CC1Sc2ccccc2NC1=O. The Hall–Kier alpha value is -2.53. The first kappa shape index (κ1) is 19.8. The maximum atomic E-state index is 12.1. The third-order valence-electron chi connectivity index (χ3n) is 4.21. The fourth-order valence-corrected chi connectivity index (χ4v) is 3.31. The molecule has 26 heavy (non-hydrogen) atoms. The fraction of sp³-hybridized carbons (Fsp3) is 0.444. The van der Waals surface area contributed by atoms with Gasteiger partial charge >= 0.3 is 5.97 Å². The summed E-state index contributed by atoms with van der Waals surface area (Å²) >= 11 is 1.29. The number of ether oxygens (including phenoxy) is 1. The molecule has 0 bridgehead atoms. The highest BCUT2D eigenvalue weighted by atomic mass is 32.2. The van der Waals surface area contributed by atoms with Gasteiger partial charge in [0.2, 0.25) is 5.91 Å². The number of fused-ring (bicyclic) bond motifs is 1. The van der Waals surface area contributed by atoms with Crippen molar-refractivity contribution in [1.82, 2.24) is 5.32 Å². The zero-order chi connectivity index (χ0) is 19.3. The van der Waals surface area contributed by atoms with Gasteiger partial charge in [0.15, 0.2) is 6.61 Å². The molecular weight excluding hydrogens is 354 g/mol. The number of thioether (sulfide) groups is 1. The van der Waals surface area contributed by atoms with Crippen LogP contribution in [0.15, 0.2) is 29.2 Å². The molecule has 2 amide bonds. The lowest BCUT2D eigenvalue weighted by Gasteiger charge is -2.27. The number of benzene rings is 1. The monoisotopic (exact) mass is 375 g/mol. The number of carbonyl (C=O) groups excluding carboxylic acids is 3. The maximum absolute atomic E-state index is 12.1. The Morgan fingerprint density at radius 3 is 2.77 bits per heavy atom. The van der Waals surface area contributed by atoms with E-state index < -0.39 is 29.3 Å². The van der Waals surface area contributed by atoms with Crippen molar-refractivity contribution in [2.75, 3.05) is 11.9 Å². The van der Waals surface area contributed by atoms with E-state index in [1.54, 1.807) is 13.0 Å². The molecule has 0 aliphatic carbocycles. The van der Waals surface area contributed by atoms with E-state index in [1.807, 2.05) is 38.1 Å². The first-order chi connectivity index (χ1) is 12.2. The minimum Gasteiger partial charge on any atom is -0.456 e. The van der Waals surface area contributed by atoms with Crippen LogP contribution in [0.1, 0.15) is 27.2 Å². The zero-order valence-corrected chi connectivity index (χ0v) is 15.7. The van der Waals surface area contributed by atoms with Gasteiger partial charge in [-0.15, -0.1) is 11.8 Å². The molecule has 0 aromatic heterocycles. The molecule has 1 aromatic carbocycles. The van der Waals surface area contributed by atoms with E-state index in [2.05, 4.69) is 10.6 Å². The number of amides is 2. The van der Waals surface area contributed by atoms with Gasteiger partial charge in [-0.1, -0.05) is 26.0 Å². The quantitative estimate of drug-likeness (QED) is 0.737. The van der Waals surface area contributed by atoms with Crippen molar-refractivity contribution in [2.45, 2.75) is 42.9 Å². The first-order valence-corrected chi connectivity index (χ1v) is 9.07. The average Bonchev–Trinajstić information content (AvgIpc) is 2.60. The van der Waals surface area contributed by atoms with Crippen LogP contribution >= 0.6 is 11.8 Å². The number of nitriles is 1. The van der Waals surface area contributed by atoms with Crippen LogP contribution in [0.4, 0.5) is 5.69 Å². The summed E-state index contributed by atoms with van der Waals surface area (Å²) in [5, 5.41) is 13.9. The molecule has 7 nitrogen and oxygen atoms in total. The molecule has 0 radical (unpaired) electrons. The summed E-state index contributed by atoms with van der Waals surface area (Å²) in [6.07, 6.45) is -0.141. The predicted molar refractivity (Wildman–Crippen MR) is 97.3 cm³/mol. The lowest BCUT2D eigenvalue weighted by atomic mass is 9.90. The van der Waals surface area contributed by atoms with E-state index in [1.165, 1.54) is 11.8 Å². The van der Waals surface area contributed by atoms with E-state index in [4.69, 9.17) is 4.74 Å². The van der Waals surface area contributed by atoms with Gasteiger partial charge in [-0.25, -0.2) is 0 Å². The van der Waals surface area contributed by atoms with E-state index in [0.29, 0.717) is 0 Å². The van der Waals surface area contributed by atoms with Crippen LogP contribution in [0.25, 0.3) is 0 Å². The Morgan fingerprint density at radius 2 is 2.12 bits per heavy atom. The smallest absolute Gasteiger partial charge is 0.307 e. The second kappa shape index (κ2) is 8.23. The van der Waals surface area contributed by atoms with Crippen molar-refractivity contribution in [3.05, 3.63) is 24.3 Å². The largest absolute Gasteiger partial charge is 0.456 e. The van der Waals surface area contributed by atoms with Crippen molar-refractivity contribution in [1.29, 1.82) is 5.26 Å². The normalized spacial score (nSPS) is 18.1. The summed E-state index contributed by atoms with van der Waals surface area (Å²) in [5.41, 5.74) is -0.317. The van der Waals surface area contributed by atoms with Crippen LogP contribution < -0.4 is 10.6 Å². The third-order valence-corrected chi connectivity index (χ3v) is 5.48. The summed E-state index contributed by atoms with van der Waals surface area (Å²) in [5.74, 6) is -1.57. The van der Waals surface area contributed by atoms with E-state index in [0.717, 1.165) is 10.6 Å². The van der Waals surface area contributed by atoms with Crippen LogP contribution in [0, 0.1) is 17.2 Å². The second-order valence-corrected chi connectivity index (χ2v) is 7.72. The van der Waals surface area contributed by atoms with Crippen LogP contribution in [-0.2, 0) is 19.1 Å². The topological polar surface area (TPSA) is 108 Å². The molecule has 138 valence electrons. The molecule has 2 rings (SSSR count). The molecule has 0 spiro atoms. The molecule has 2 atom stereocenters. The Bertz CT molecular complexity index is 759. The Morgan fingerprint density at radius 1 is 1.42 bits per heavy atom. The molecule has 0 saturated heterocycles. The van der Waals surface area contributed by atoms with E-state index in [9.17, 15) is 19.6 Å². The molecular formula is C18H21N3O4S. The van der Waals surface area contributed by atoms with Crippen LogP contribution in [0.3, 0.4) is 0 Å². The molecule has 1 heterocycles. The van der Waals surface area contributed by atoms with Gasteiger partial charge in [0.05, 0.1) is 23.4 Å². The van der Waals surface area contributed by atoms with Crippen LogP contribution in [0.5, 0.6) is 0 Å². The van der Waals surface area contributed by atoms with Gasteiger partial charge < -0.3 is 15.4 Å². The highest BCUT2D eigenvalue weighted by Crippen LogP contribution is 2.36. The molecule has 0 saturated carbocycles. The Labute approximate surface area is 156 Å². The number of hydrogen-bond acceptors (Lipinski definition) is 6. The van der Waals surface area contributed by atoms with E-state index in [-0.39, 0.29) is 18.2 Å². The van der Waals surface area contributed by atoms with Gasteiger partial charge in [-0.3, -0.25) is 14.4 Å². The molecule has 1 aromatic rings. The van der Waals surface area contributed by atoms with Gasteiger partial charge in [-0.05, 0) is 25.0 Å². The minimum absolute atomic E-state index is 0.102. The van der Waals surface area contributed by atoms with Gasteiger partial charge in [0, 0.05) is 4.90 Å². The summed E-state index contributed by atoms with van der Waals surface area (Å²) in [4.78, 5) is 36.9. The van der Waals surface area contributed by atoms with Crippen molar-refractivity contribution in [3.63, 3.8) is 0 Å². The van der Waals surface area contributed by atoms with Crippen molar-refractivity contribution < 1.29 is 19.1 Å². The number of nitrogens with one attached hydrogen (secondary N) is 2. The maximum Gasteiger partial charge on any atom is 0.307 e. The van der Waals surface area contributed by atoms with Crippen molar-refractivity contribution >= 4 is 35.2 Å². The third kappa shape index (κ3) is 4.76. The first-order valence-electron chi connectivity index (χ1n) is 8.19. The molecule has 2 unspecified atom stereocenters. The van der Waals surface area contributed by atoms with Crippen LogP contribution in [-0.4, -0.2) is 35.2 Å². The predicted octanol–water partition coefficient (Wildman–Crippen LogP) is 2.09. The highest BCUT2D eigenvalue weighted by Gasteiger charge is 2.31. The lowest BCUT2D eigenvalue weighted by molar-refractivity contribution is -0.149. The summed E-state index contributed by atoms with van der Waals surface area (Å²) in [7, 11) is 0. The highest BCUT2D eigenvalue weighted by molar-refractivity contribution is 8.01. The molecule has 2 N–H and O–H groups in total. The minimum atomic E-state index is -1.04. The average molecular weight is 375 g/mol. The van der Waals surface area contributed by atoms with Crippen molar-refractivity contribution in [2.24, 2.45) is 5.92 Å². The zero-order valence-electron chi connectivity index (χ0n) is 14.9. The number of anilines is 1. The van der Waals surface area contributed by atoms with Crippen molar-refractivity contribution in [3.8, 4) is 6.07 Å². The number of hydrogen-bond donors (Lipinski definition) is 2. The Balaban J connectivity index is 1.85. The Kier molecular flexibility index (Phi) is 6.27. The summed E-state index contributed by atoms with van der Waals surface area (Å²) < 4.78 is 4.96. The molecule has 1 aliphatic heterocycles. The summed E-state index contributed by atoms with van der Waals surface area (Å²) in [6.45, 7) is 4.74. The summed E-state index contributed by atoms with van der Waals surface area (Å²) in [6, 6.07) is 9.37. The number of esters is 1. The van der Waals surface area contributed by atoms with Gasteiger partial charge in [0.25, 0.3) is 5.91 Å². The fourth-order valence-electron chi connectivity index (χ4n) is 2.21. The number of nitrogens with zero attached hydrogens (tertiary/aromatic N) is 1. The standard InChI is InChI=1S/C18H21N3O4S/c1-11(2)18(3,10-19)21-15(22)9-25-16(23)8-14-17(24)20-12-6-4-5-7-13(12)26-14/h4-7,11,14H,8-9H2,1-3H3,(H,20,24)(H,21,22). The lowest BCUT2D eigenvalue weighted by Crippen LogP contribution is -2.50. The number of rotatable bonds is 6.